The van der Waals surface area contributed by atoms with E-state index in [9.17, 15) is 23.1 Å². The van der Waals surface area contributed by atoms with Crippen molar-refractivity contribution in [1.82, 2.24) is 10.2 Å². The van der Waals surface area contributed by atoms with Crippen molar-refractivity contribution in [3.8, 4) is 0 Å². The molecule has 0 aliphatic carbocycles. The highest BCUT2D eigenvalue weighted by molar-refractivity contribution is 7.91. The molecule has 2 N–H and O–H groups in total. The van der Waals surface area contributed by atoms with Crippen LogP contribution in [0.4, 0.5) is 0 Å². The summed E-state index contributed by atoms with van der Waals surface area (Å²) in [7, 11) is -3.01. The van der Waals surface area contributed by atoms with Gasteiger partial charge in [-0.3, -0.25) is 14.5 Å². The third-order valence-corrected chi connectivity index (χ3v) is 6.30. The number of carbonyl (C=O) groups is 2. The third kappa shape index (κ3) is 3.74. The van der Waals surface area contributed by atoms with Crippen molar-refractivity contribution in [3.05, 3.63) is 0 Å². The molecule has 21 heavy (non-hydrogen) atoms. The van der Waals surface area contributed by atoms with Crippen molar-refractivity contribution < 1.29 is 23.1 Å². The lowest BCUT2D eigenvalue weighted by molar-refractivity contribution is -0.148. The van der Waals surface area contributed by atoms with Gasteiger partial charge in [0, 0.05) is 12.6 Å². The maximum Gasteiger partial charge on any atom is 0.310 e. The van der Waals surface area contributed by atoms with E-state index in [1.165, 1.54) is 0 Å². The number of nitrogens with one attached hydrogen (secondary N) is 1. The Kier molecular flexibility index (Phi) is 4.57. The van der Waals surface area contributed by atoms with Gasteiger partial charge in [-0.25, -0.2) is 8.42 Å². The Bertz CT molecular complexity index is 533. The molecule has 0 bridgehead atoms. The molecule has 2 saturated heterocycles. The van der Waals surface area contributed by atoms with Crippen LogP contribution in [0.15, 0.2) is 0 Å². The fraction of sp³-hybridized carbons (Fsp3) is 0.846. The van der Waals surface area contributed by atoms with Crippen molar-refractivity contribution in [2.45, 2.75) is 32.2 Å². The van der Waals surface area contributed by atoms with Crippen LogP contribution < -0.4 is 5.32 Å². The first-order valence-corrected chi connectivity index (χ1v) is 9.04. The van der Waals surface area contributed by atoms with Gasteiger partial charge in [-0.1, -0.05) is 6.92 Å². The van der Waals surface area contributed by atoms with Crippen LogP contribution in [0.1, 0.15) is 26.2 Å². The molecule has 0 saturated carbocycles. The van der Waals surface area contributed by atoms with Gasteiger partial charge in [0.15, 0.2) is 9.84 Å². The van der Waals surface area contributed by atoms with E-state index >= 15 is 0 Å². The standard InChI is InChI=1S/C13H22N2O5S/c1-2-13(12(17)18)4-5-15(9-13)7-11(16)14-10-3-6-21(19,20)8-10/h10H,2-9H2,1H3,(H,14,16)(H,17,18). The van der Waals surface area contributed by atoms with Crippen LogP contribution in [0.2, 0.25) is 0 Å². The fourth-order valence-electron chi connectivity index (χ4n) is 3.09. The molecule has 0 aromatic rings. The number of nitrogens with zero attached hydrogens (tertiary/aromatic N) is 1. The first-order chi connectivity index (χ1) is 9.76. The van der Waals surface area contributed by atoms with Crippen LogP contribution in [-0.2, 0) is 19.4 Å². The van der Waals surface area contributed by atoms with E-state index in [1.54, 1.807) is 0 Å². The van der Waals surface area contributed by atoms with Gasteiger partial charge in [0.2, 0.25) is 5.91 Å². The maximum absolute atomic E-state index is 11.9. The molecule has 2 unspecified atom stereocenters. The summed E-state index contributed by atoms with van der Waals surface area (Å²) in [6.45, 7) is 2.93. The van der Waals surface area contributed by atoms with Gasteiger partial charge in [-0.05, 0) is 25.8 Å². The smallest absolute Gasteiger partial charge is 0.310 e. The van der Waals surface area contributed by atoms with Crippen molar-refractivity contribution in [1.29, 1.82) is 0 Å². The Labute approximate surface area is 124 Å². The number of hydrogen-bond acceptors (Lipinski definition) is 5. The minimum Gasteiger partial charge on any atom is -0.481 e. The number of sulfone groups is 1. The molecule has 0 spiro atoms. The van der Waals surface area contributed by atoms with Crippen LogP contribution in [-0.4, -0.2) is 67.5 Å². The summed E-state index contributed by atoms with van der Waals surface area (Å²) >= 11 is 0. The predicted octanol–water partition coefficient (Wildman–Crippen LogP) is -0.524. The highest BCUT2D eigenvalue weighted by Crippen LogP contribution is 2.33. The van der Waals surface area contributed by atoms with E-state index in [2.05, 4.69) is 5.32 Å². The molecule has 2 rings (SSSR count). The Morgan fingerprint density at radius 2 is 2.14 bits per heavy atom. The van der Waals surface area contributed by atoms with Gasteiger partial charge in [0.25, 0.3) is 0 Å². The van der Waals surface area contributed by atoms with Crippen LogP contribution in [0, 0.1) is 5.41 Å². The molecule has 8 heteroatoms. The molecule has 2 aliphatic rings. The molecular formula is C13H22N2O5S. The van der Waals surface area contributed by atoms with Crippen LogP contribution in [0.3, 0.4) is 0 Å². The second-order valence-electron chi connectivity index (χ2n) is 6.07. The van der Waals surface area contributed by atoms with Crippen LogP contribution in [0.25, 0.3) is 0 Å². The number of amides is 1. The van der Waals surface area contributed by atoms with E-state index in [0.717, 1.165) is 0 Å². The number of carboxylic acid groups (broad SMARTS) is 1. The third-order valence-electron chi connectivity index (χ3n) is 4.53. The zero-order valence-corrected chi connectivity index (χ0v) is 13.0. The number of carboxylic acids is 1. The normalized spacial score (nSPS) is 32.1. The van der Waals surface area contributed by atoms with E-state index in [1.807, 2.05) is 11.8 Å². The number of aliphatic carboxylic acids is 1. The monoisotopic (exact) mass is 318 g/mol. The molecule has 0 radical (unpaired) electrons. The summed E-state index contributed by atoms with van der Waals surface area (Å²) in [4.78, 5) is 25.1. The Hall–Kier alpha value is -1.15. The molecule has 120 valence electrons. The van der Waals surface area contributed by atoms with Gasteiger partial charge < -0.3 is 10.4 Å². The molecule has 2 fully saturated rings. The molecule has 0 aromatic carbocycles. The summed E-state index contributed by atoms with van der Waals surface area (Å²) in [5.74, 6) is -0.906. The minimum atomic E-state index is -3.01. The lowest BCUT2D eigenvalue weighted by atomic mass is 9.84. The van der Waals surface area contributed by atoms with Crippen molar-refractivity contribution >= 4 is 21.7 Å². The average Bonchev–Trinajstić information content (AvgIpc) is 2.94. The minimum absolute atomic E-state index is 0.00671. The highest BCUT2D eigenvalue weighted by atomic mass is 32.2. The van der Waals surface area contributed by atoms with E-state index in [0.29, 0.717) is 32.4 Å². The van der Waals surface area contributed by atoms with Gasteiger partial charge in [-0.15, -0.1) is 0 Å². The second kappa shape index (κ2) is 5.92. The average molecular weight is 318 g/mol. The summed E-state index contributed by atoms with van der Waals surface area (Å²) < 4.78 is 22.7. The van der Waals surface area contributed by atoms with E-state index in [-0.39, 0.29) is 30.0 Å². The first-order valence-electron chi connectivity index (χ1n) is 7.22. The highest BCUT2D eigenvalue weighted by Gasteiger charge is 2.43. The number of rotatable bonds is 5. The number of carbonyl (C=O) groups excluding carboxylic acids is 1. The van der Waals surface area contributed by atoms with Gasteiger partial charge in [-0.2, -0.15) is 0 Å². The zero-order chi connectivity index (χ0) is 15.7. The second-order valence-corrected chi connectivity index (χ2v) is 8.30. The molecule has 7 nitrogen and oxygen atoms in total. The number of hydrogen-bond donors (Lipinski definition) is 2. The topological polar surface area (TPSA) is 104 Å². The summed E-state index contributed by atoms with van der Waals surface area (Å²) in [6, 6.07) is -0.305. The van der Waals surface area contributed by atoms with Crippen molar-refractivity contribution in [2.75, 3.05) is 31.1 Å². The van der Waals surface area contributed by atoms with Gasteiger partial charge in [0.1, 0.15) is 0 Å². The molecular weight excluding hydrogens is 296 g/mol. The molecule has 2 aliphatic heterocycles. The van der Waals surface area contributed by atoms with Crippen LogP contribution in [0.5, 0.6) is 0 Å². The zero-order valence-electron chi connectivity index (χ0n) is 12.2. The molecule has 2 heterocycles. The van der Waals surface area contributed by atoms with E-state index < -0.39 is 21.2 Å². The lowest BCUT2D eigenvalue weighted by Gasteiger charge is -2.23. The Morgan fingerprint density at radius 1 is 1.43 bits per heavy atom. The van der Waals surface area contributed by atoms with E-state index in [4.69, 9.17) is 0 Å². The Morgan fingerprint density at radius 3 is 2.62 bits per heavy atom. The molecule has 2 atom stereocenters. The summed E-state index contributed by atoms with van der Waals surface area (Å²) in [6.07, 6.45) is 1.55. The molecule has 0 aromatic heterocycles. The number of likely N-dealkylation sites (tertiary alicyclic amines) is 1. The SMILES string of the molecule is CCC1(C(=O)O)CCN(CC(=O)NC2CCS(=O)(=O)C2)C1. The van der Waals surface area contributed by atoms with Crippen LogP contribution >= 0.6 is 0 Å². The lowest BCUT2D eigenvalue weighted by Crippen LogP contribution is -2.43. The fourth-order valence-corrected chi connectivity index (χ4v) is 4.77. The Balaban J connectivity index is 1.83. The summed E-state index contributed by atoms with van der Waals surface area (Å²) in [5.41, 5.74) is -0.753. The van der Waals surface area contributed by atoms with Gasteiger partial charge >= 0.3 is 5.97 Å². The first kappa shape index (κ1) is 16.2. The summed E-state index contributed by atoms with van der Waals surface area (Å²) in [5, 5.41) is 12.0. The van der Waals surface area contributed by atoms with Crippen molar-refractivity contribution in [3.63, 3.8) is 0 Å². The van der Waals surface area contributed by atoms with Crippen molar-refractivity contribution in [2.24, 2.45) is 5.41 Å². The quantitative estimate of drug-likeness (QED) is 0.707. The molecule has 1 amide bonds. The maximum atomic E-state index is 11.9. The predicted molar refractivity (Wildman–Crippen MR) is 76.6 cm³/mol. The van der Waals surface area contributed by atoms with Gasteiger partial charge in [0.05, 0.1) is 23.5 Å². The largest absolute Gasteiger partial charge is 0.481 e.